The third kappa shape index (κ3) is 3.63. The van der Waals surface area contributed by atoms with Crippen LogP contribution in [0.4, 0.5) is 0 Å². The average molecular weight is 295 g/mol. The lowest BCUT2D eigenvalue weighted by atomic mass is 10.1. The first-order chi connectivity index (χ1) is 9.76. The summed E-state index contributed by atoms with van der Waals surface area (Å²) in [6, 6.07) is 11.6. The summed E-state index contributed by atoms with van der Waals surface area (Å²) in [7, 11) is 0. The van der Waals surface area contributed by atoms with Crippen LogP contribution in [0, 0.1) is 0 Å². The van der Waals surface area contributed by atoms with Crippen molar-refractivity contribution in [2.45, 2.75) is 20.1 Å². The average Bonchev–Trinajstić information content (AvgIpc) is 2.47. The minimum Gasteiger partial charge on any atom is -0.488 e. The lowest BCUT2D eigenvalue weighted by Crippen LogP contribution is -2.25. The fourth-order valence-corrected chi connectivity index (χ4v) is 2.26. The second-order valence-electron chi connectivity index (χ2n) is 4.24. The Hall–Kier alpha value is -1.29. The van der Waals surface area contributed by atoms with Gasteiger partial charge in [0.2, 0.25) is 0 Å². The molecule has 0 fully saturated rings. The number of hydrogen-bond acceptors (Lipinski definition) is 3. The van der Waals surface area contributed by atoms with Gasteiger partial charge in [0.1, 0.15) is 12.4 Å². The monoisotopic (exact) mass is 294 g/mol. The summed E-state index contributed by atoms with van der Waals surface area (Å²) < 4.78 is 16.8. The second-order valence-corrected chi connectivity index (χ2v) is 4.65. The standard InChI is InChI=1S/C16H19ClO3/c1-3-18-16(19-4-2)11-20-15-10-9-14(17)12-7-5-6-8-13(12)15/h5-10,16H,3-4,11H2,1-2H3. The molecule has 0 aromatic heterocycles. The van der Waals surface area contributed by atoms with Crippen LogP contribution in [0.2, 0.25) is 5.02 Å². The van der Waals surface area contributed by atoms with Gasteiger partial charge in [0.25, 0.3) is 0 Å². The molecule has 0 saturated carbocycles. The van der Waals surface area contributed by atoms with Gasteiger partial charge >= 0.3 is 0 Å². The van der Waals surface area contributed by atoms with E-state index in [1.807, 2.05) is 50.2 Å². The Bertz CT molecular complexity index is 550. The van der Waals surface area contributed by atoms with Crippen molar-refractivity contribution in [3.05, 3.63) is 41.4 Å². The zero-order valence-corrected chi connectivity index (χ0v) is 12.5. The number of halogens is 1. The molecule has 0 aliphatic rings. The molecule has 0 atom stereocenters. The predicted molar refractivity (Wildman–Crippen MR) is 81.5 cm³/mol. The normalized spacial score (nSPS) is 11.2. The molecular weight excluding hydrogens is 276 g/mol. The number of hydrogen-bond donors (Lipinski definition) is 0. The topological polar surface area (TPSA) is 27.7 Å². The fourth-order valence-electron chi connectivity index (χ4n) is 2.03. The Kier molecular flexibility index (Phi) is 5.65. The van der Waals surface area contributed by atoms with Crippen LogP contribution in [0.25, 0.3) is 10.8 Å². The van der Waals surface area contributed by atoms with Crippen LogP contribution in [0.15, 0.2) is 36.4 Å². The van der Waals surface area contributed by atoms with E-state index in [1.54, 1.807) is 0 Å². The van der Waals surface area contributed by atoms with Crippen molar-refractivity contribution in [2.75, 3.05) is 19.8 Å². The predicted octanol–water partition coefficient (Wildman–Crippen LogP) is 4.27. The molecule has 0 spiro atoms. The molecule has 0 bridgehead atoms. The van der Waals surface area contributed by atoms with Gasteiger partial charge in [0, 0.05) is 29.0 Å². The van der Waals surface area contributed by atoms with E-state index in [2.05, 4.69) is 0 Å². The van der Waals surface area contributed by atoms with Crippen molar-refractivity contribution in [1.82, 2.24) is 0 Å². The van der Waals surface area contributed by atoms with Gasteiger partial charge in [-0.2, -0.15) is 0 Å². The first kappa shape index (κ1) is 15.1. The van der Waals surface area contributed by atoms with Gasteiger partial charge in [-0.15, -0.1) is 0 Å². The molecule has 4 heteroatoms. The first-order valence-corrected chi connectivity index (χ1v) is 7.17. The molecule has 20 heavy (non-hydrogen) atoms. The summed E-state index contributed by atoms with van der Waals surface area (Å²) in [5.41, 5.74) is 0. The molecule has 0 saturated heterocycles. The van der Waals surface area contributed by atoms with Crippen molar-refractivity contribution in [3.8, 4) is 5.75 Å². The summed E-state index contributed by atoms with van der Waals surface area (Å²) in [5, 5.41) is 2.70. The minimum absolute atomic E-state index is 0.348. The molecule has 2 aromatic carbocycles. The smallest absolute Gasteiger partial charge is 0.191 e. The zero-order valence-electron chi connectivity index (χ0n) is 11.8. The van der Waals surface area contributed by atoms with Crippen molar-refractivity contribution in [1.29, 1.82) is 0 Å². The van der Waals surface area contributed by atoms with E-state index in [0.29, 0.717) is 19.8 Å². The van der Waals surface area contributed by atoms with Gasteiger partial charge in [-0.25, -0.2) is 0 Å². The third-order valence-electron chi connectivity index (χ3n) is 2.91. The number of ether oxygens (including phenoxy) is 3. The molecule has 0 aliphatic heterocycles. The van der Waals surface area contributed by atoms with Crippen molar-refractivity contribution < 1.29 is 14.2 Å². The minimum atomic E-state index is -0.348. The van der Waals surface area contributed by atoms with Crippen LogP contribution in [0.3, 0.4) is 0 Å². The molecule has 0 amide bonds. The highest BCUT2D eigenvalue weighted by atomic mass is 35.5. The number of fused-ring (bicyclic) bond motifs is 1. The van der Waals surface area contributed by atoms with E-state index in [1.165, 1.54) is 0 Å². The van der Waals surface area contributed by atoms with Crippen LogP contribution < -0.4 is 4.74 Å². The maximum atomic E-state index is 6.19. The third-order valence-corrected chi connectivity index (χ3v) is 3.24. The molecule has 108 valence electrons. The molecule has 0 N–H and O–H groups in total. The fraction of sp³-hybridized carbons (Fsp3) is 0.375. The van der Waals surface area contributed by atoms with Crippen molar-refractivity contribution in [2.24, 2.45) is 0 Å². The van der Waals surface area contributed by atoms with Crippen LogP contribution in [0.1, 0.15) is 13.8 Å². The molecular formula is C16H19ClO3. The van der Waals surface area contributed by atoms with E-state index in [-0.39, 0.29) is 6.29 Å². The lowest BCUT2D eigenvalue weighted by molar-refractivity contribution is -0.152. The van der Waals surface area contributed by atoms with Gasteiger partial charge in [0.05, 0.1) is 0 Å². The van der Waals surface area contributed by atoms with Gasteiger partial charge in [-0.1, -0.05) is 35.9 Å². The molecule has 0 heterocycles. The highest BCUT2D eigenvalue weighted by molar-refractivity contribution is 6.35. The van der Waals surface area contributed by atoms with Crippen LogP contribution in [-0.4, -0.2) is 26.1 Å². The van der Waals surface area contributed by atoms with Crippen molar-refractivity contribution in [3.63, 3.8) is 0 Å². The highest BCUT2D eigenvalue weighted by Crippen LogP contribution is 2.31. The molecule has 2 aromatic rings. The summed E-state index contributed by atoms with van der Waals surface area (Å²) >= 11 is 6.19. The quantitative estimate of drug-likeness (QED) is 0.714. The van der Waals surface area contributed by atoms with E-state index in [4.69, 9.17) is 25.8 Å². The van der Waals surface area contributed by atoms with Gasteiger partial charge < -0.3 is 14.2 Å². The molecule has 0 aliphatic carbocycles. The van der Waals surface area contributed by atoms with Gasteiger partial charge in [-0.05, 0) is 26.0 Å². The second kappa shape index (κ2) is 7.48. The molecule has 3 nitrogen and oxygen atoms in total. The zero-order chi connectivity index (χ0) is 14.4. The Balaban J connectivity index is 2.15. The Morgan fingerprint density at radius 2 is 1.60 bits per heavy atom. The van der Waals surface area contributed by atoms with E-state index >= 15 is 0 Å². The Morgan fingerprint density at radius 1 is 0.950 bits per heavy atom. The summed E-state index contributed by atoms with van der Waals surface area (Å²) in [5.74, 6) is 0.786. The summed E-state index contributed by atoms with van der Waals surface area (Å²) in [6.07, 6.45) is -0.348. The largest absolute Gasteiger partial charge is 0.488 e. The highest BCUT2D eigenvalue weighted by Gasteiger charge is 2.11. The van der Waals surface area contributed by atoms with Gasteiger partial charge in [-0.3, -0.25) is 0 Å². The number of rotatable bonds is 7. The molecule has 2 rings (SSSR count). The van der Waals surface area contributed by atoms with Crippen molar-refractivity contribution >= 4 is 22.4 Å². The number of benzene rings is 2. The van der Waals surface area contributed by atoms with E-state index in [9.17, 15) is 0 Å². The maximum absolute atomic E-state index is 6.19. The Morgan fingerprint density at radius 3 is 2.25 bits per heavy atom. The summed E-state index contributed by atoms with van der Waals surface area (Å²) in [4.78, 5) is 0. The first-order valence-electron chi connectivity index (χ1n) is 6.79. The molecule has 0 unspecified atom stereocenters. The van der Waals surface area contributed by atoms with E-state index in [0.717, 1.165) is 21.5 Å². The summed E-state index contributed by atoms with van der Waals surface area (Å²) in [6.45, 7) is 5.41. The lowest BCUT2D eigenvalue weighted by Gasteiger charge is -2.18. The van der Waals surface area contributed by atoms with Crippen LogP contribution in [-0.2, 0) is 9.47 Å². The molecule has 0 radical (unpaired) electrons. The SMILES string of the molecule is CCOC(COc1ccc(Cl)c2ccccc12)OCC. The Labute approximate surface area is 124 Å². The van der Waals surface area contributed by atoms with Crippen LogP contribution in [0.5, 0.6) is 5.75 Å². The van der Waals surface area contributed by atoms with Gasteiger partial charge in [0.15, 0.2) is 6.29 Å². The van der Waals surface area contributed by atoms with E-state index < -0.39 is 0 Å². The maximum Gasteiger partial charge on any atom is 0.191 e. The van der Waals surface area contributed by atoms with Crippen LogP contribution >= 0.6 is 11.6 Å².